The van der Waals surface area contributed by atoms with Crippen molar-refractivity contribution in [1.29, 1.82) is 0 Å². The molecule has 31 heavy (non-hydrogen) atoms. The Labute approximate surface area is 204 Å². The summed E-state index contributed by atoms with van der Waals surface area (Å²) in [6.45, 7) is 14.6. The first-order chi connectivity index (χ1) is 13.6. The molecular formula is C28H34Cl2Ti. The Bertz CT molecular complexity index is 964. The molecule has 164 valence electrons. The minimum absolute atomic E-state index is 0. The average Bonchev–Trinajstić information content (AvgIpc) is 3.16. The Morgan fingerprint density at radius 2 is 0.968 bits per heavy atom. The molecule has 0 saturated carbocycles. The second-order valence-corrected chi connectivity index (χ2v) is 18.8. The maximum Gasteiger partial charge on any atom is -1.00 e. The number of halogens is 2. The van der Waals surface area contributed by atoms with Crippen molar-refractivity contribution in [3.8, 4) is 0 Å². The van der Waals surface area contributed by atoms with Crippen molar-refractivity contribution in [2.75, 3.05) is 0 Å². The molecule has 1 saturated heterocycles. The van der Waals surface area contributed by atoms with E-state index < -0.39 is 16.6 Å². The fourth-order valence-electron chi connectivity index (χ4n) is 6.07. The topological polar surface area (TPSA) is 0 Å². The van der Waals surface area contributed by atoms with Gasteiger partial charge in [0.1, 0.15) is 0 Å². The van der Waals surface area contributed by atoms with E-state index >= 15 is 0 Å². The van der Waals surface area contributed by atoms with Crippen LogP contribution in [0.2, 0.25) is 9.45 Å². The number of rotatable bonds is 2. The SMILES string of the molecule is CC(C)(C)C1=Cc2ccccc2[CH]1[Ti+2]1([CH]2C(C(C)(C)C)=Cc3ccccc32)[CH2][CH2]1.[Cl-].[Cl-]. The van der Waals surface area contributed by atoms with Crippen LogP contribution >= 0.6 is 0 Å². The van der Waals surface area contributed by atoms with Crippen LogP contribution in [-0.4, -0.2) is 0 Å². The van der Waals surface area contributed by atoms with E-state index in [4.69, 9.17) is 0 Å². The van der Waals surface area contributed by atoms with E-state index in [2.05, 4.69) is 102 Å². The third-order valence-electron chi connectivity index (χ3n) is 7.57. The largest absolute Gasteiger partial charge is 1.00 e. The summed E-state index contributed by atoms with van der Waals surface area (Å²) in [5.41, 5.74) is 10.2. The maximum atomic E-state index is 2.56. The fourth-order valence-corrected chi connectivity index (χ4v) is 17.0. The van der Waals surface area contributed by atoms with Gasteiger partial charge in [-0.05, 0) is 0 Å². The molecule has 2 unspecified atom stereocenters. The molecule has 0 spiro atoms. The number of hydrogen-bond donors (Lipinski definition) is 0. The van der Waals surface area contributed by atoms with Gasteiger partial charge in [-0.2, -0.15) is 0 Å². The minimum atomic E-state index is -2.23. The molecule has 5 rings (SSSR count). The maximum absolute atomic E-state index is 2.56. The molecule has 1 heterocycles. The van der Waals surface area contributed by atoms with Crippen LogP contribution < -0.4 is 24.8 Å². The summed E-state index contributed by atoms with van der Waals surface area (Å²) in [6.07, 6.45) is 5.12. The summed E-state index contributed by atoms with van der Waals surface area (Å²) >= 11 is -2.23. The van der Waals surface area contributed by atoms with Gasteiger partial charge in [0.05, 0.1) is 0 Å². The number of fused-ring (bicyclic) bond motifs is 2. The van der Waals surface area contributed by atoms with Gasteiger partial charge in [0.2, 0.25) is 0 Å². The van der Waals surface area contributed by atoms with Crippen LogP contribution in [0.3, 0.4) is 0 Å². The monoisotopic (exact) mass is 488 g/mol. The van der Waals surface area contributed by atoms with Crippen molar-refractivity contribution in [3.63, 3.8) is 0 Å². The Kier molecular flexibility index (Phi) is 6.58. The second-order valence-electron chi connectivity index (χ2n) is 11.6. The second kappa shape index (κ2) is 8.21. The van der Waals surface area contributed by atoms with E-state index in [0.717, 1.165) is 0 Å². The third kappa shape index (κ3) is 3.93. The standard InChI is InChI=1S/2C13H15.C2H4.2ClH.Ti/c2*1-13(2,3)12-8-10-6-4-5-7-11(10)9-12;1-2;;;/h2*4-9H,1-3H3;1-2H2;2*1H;/q;;;;;+2/p-2. The van der Waals surface area contributed by atoms with Crippen LogP contribution in [0.4, 0.5) is 0 Å². The van der Waals surface area contributed by atoms with E-state index in [9.17, 15) is 0 Å². The first-order valence-electron chi connectivity index (χ1n) is 11.2. The molecule has 1 aliphatic heterocycles. The van der Waals surface area contributed by atoms with Crippen molar-refractivity contribution >= 4 is 12.2 Å². The van der Waals surface area contributed by atoms with E-state index in [1.165, 1.54) is 20.6 Å². The zero-order valence-electron chi connectivity index (χ0n) is 19.6. The normalized spacial score (nSPS) is 22.0. The number of allylic oxidation sites excluding steroid dienone is 2. The Morgan fingerprint density at radius 1 is 0.613 bits per heavy atom. The van der Waals surface area contributed by atoms with E-state index in [1.54, 1.807) is 22.3 Å². The molecule has 0 bridgehead atoms. The summed E-state index contributed by atoms with van der Waals surface area (Å²) in [5.74, 6) is 0. The predicted octanol–water partition coefficient (Wildman–Crippen LogP) is 2.37. The van der Waals surface area contributed by atoms with Crippen molar-refractivity contribution < 1.29 is 41.4 Å². The molecule has 2 aliphatic carbocycles. The first-order valence-corrected chi connectivity index (χ1v) is 15.3. The summed E-state index contributed by atoms with van der Waals surface area (Å²) in [4.78, 5) is 0. The van der Waals surface area contributed by atoms with E-state index in [-0.39, 0.29) is 35.6 Å². The van der Waals surface area contributed by atoms with Crippen molar-refractivity contribution in [2.24, 2.45) is 10.8 Å². The van der Waals surface area contributed by atoms with Gasteiger partial charge >= 0.3 is 181 Å². The molecule has 1 fully saturated rings. The van der Waals surface area contributed by atoms with Gasteiger partial charge < -0.3 is 24.8 Å². The quantitative estimate of drug-likeness (QED) is 0.569. The molecule has 2 aromatic carbocycles. The molecule has 0 N–H and O–H groups in total. The molecule has 0 aromatic heterocycles. The first kappa shape index (κ1) is 24.8. The van der Waals surface area contributed by atoms with Crippen LogP contribution in [0.25, 0.3) is 12.2 Å². The molecule has 2 aromatic rings. The van der Waals surface area contributed by atoms with Gasteiger partial charge in [-0.25, -0.2) is 0 Å². The molecule has 0 amide bonds. The van der Waals surface area contributed by atoms with E-state index in [0.29, 0.717) is 8.45 Å². The van der Waals surface area contributed by atoms with Crippen LogP contribution in [-0.2, 0) is 16.6 Å². The smallest absolute Gasteiger partial charge is 1.00 e. The molecule has 0 nitrogen and oxygen atoms in total. The summed E-state index contributed by atoms with van der Waals surface area (Å²) in [7, 11) is 0. The van der Waals surface area contributed by atoms with Gasteiger partial charge in [-0.15, -0.1) is 0 Å². The minimum Gasteiger partial charge on any atom is -1.00 e. The summed E-state index contributed by atoms with van der Waals surface area (Å²) < 4.78 is 4.46. The Hall–Kier alpha value is -0.786. The van der Waals surface area contributed by atoms with Gasteiger partial charge in [0.15, 0.2) is 0 Å². The van der Waals surface area contributed by atoms with Crippen LogP contribution in [0.1, 0.15) is 72.2 Å². The number of benzene rings is 2. The fraction of sp³-hybridized carbons (Fsp3) is 0.429. The van der Waals surface area contributed by atoms with Gasteiger partial charge in [0.25, 0.3) is 0 Å². The zero-order valence-corrected chi connectivity index (χ0v) is 22.7. The van der Waals surface area contributed by atoms with Crippen molar-refractivity contribution in [3.05, 3.63) is 81.9 Å². The molecule has 3 aliphatic rings. The van der Waals surface area contributed by atoms with E-state index in [1.807, 2.05) is 0 Å². The molecular weight excluding hydrogens is 455 g/mol. The molecule has 2 atom stereocenters. The van der Waals surface area contributed by atoms with Gasteiger partial charge in [-0.3, -0.25) is 0 Å². The molecule has 3 heteroatoms. The summed E-state index contributed by atoms with van der Waals surface area (Å²) in [5, 5.41) is 0. The van der Waals surface area contributed by atoms with Crippen LogP contribution in [0.15, 0.2) is 59.7 Å². The zero-order chi connectivity index (χ0) is 20.6. The van der Waals surface area contributed by atoms with Crippen molar-refractivity contribution in [1.82, 2.24) is 0 Å². The van der Waals surface area contributed by atoms with Gasteiger partial charge in [0, 0.05) is 0 Å². The Balaban J connectivity index is 0.00000136. The molecule has 0 radical (unpaired) electrons. The van der Waals surface area contributed by atoms with Gasteiger partial charge in [-0.1, -0.05) is 0 Å². The number of hydrogen-bond acceptors (Lipinski definition) is 0. The Morgan fingerprint density at radius 3 is 1.29 bits per heavy atom. The third-order valence-corrected chi connectivity index (χ3v) is 15.7. The average molecular weight is 489 g/mol. The summed E-state index contributed by atoms with van der Waals surface area (Å²) in [6, 6.07) is 18.6. The predicted molar refractivity (Wildman–Crippen MR) is 123 cm³/mol. The van der Waals surface area contributed by atoms with Crippen LogP contribution in [0, 0.1) is 10.8 Å². The van der Waals surface area contributed by atoms with Crippen LogP contribution in [0.5, 0.6) is 0 Å². The van der Waals surface area contributed by atoms with Crippen molar-refractivity contribution in [2.45, 2.75) is 59.4 Å².